The molecule has 2 N–H and O–H groups in total. The third-order valence-electron chi connectivity index (χ3n) is 9.19. The van der Waals surface area contributed by atoms with E-state index in [2.05, 4.69) is 41.0 Å². The molecule has 0 bridgehead atoms. The number of pyridine rings is 3. The van der Waals surface area contributed by atoms with Crippen LogP contribution in [-0.2, 0) is 15.1 Å². The van der Waals surface area contributed by atoms with Crippen LogP contribution in [0.5, 0.6) is 0 Å². The number of quaternary nitrogens is 1. The van der Waals surface area contributed by atoms with Crippen LogP contribution in [0.4, 0.5) is 20.4 Å². The standard InChI is InChI=1S/C33H44F2N5O3/c1-6-40(7-2,8-3)21-43-32(41)23-9-12-26(13-10-23)33(5,42)28-14-11-25(20-37-28)27-17-22(4)18-30(38-27)39-29-19-24(31(34)35)15-16-36-29/h11,14-20,23,26,31,42H,6-10,12-13,21H2,1-5H3,(H,36,38,39)/q+1/t23-,26-,33-/m1/s1. The molecule has 1 aliphatic carbocycles. The minimum Gasteiger partial charge on any atom is -0.415 e. The van der Waals surface area contributed by atoms with Gasteiger partial charge in [0.15, 0.2) is 0 Å². The van der Waals surface area contributed by atoms with Gasteiger partial charge in [0.05, 0.1) is 36.9 Å². The number of carbonyl (C=O) groups excluding carboxylic acids is 1. The Morgan fingerprint density at radius 1 is 1.05 bits per heavy atom. The Labute approximate surface area is 253 Å². The van der Waals surface area contributed by atoms with Crippen LogP contribution >= 0.6 is 0 Å². The first-order chi connectivity index (χ1) is 20.5. The number of aryl methyl sites for hydroxylation is 1. The van der Waals surface area contributed by atoms with E-state index in [1.165, 1.54) is 18.3 Å². The van der Waals surface area contributed by atoms with E-state index in [-0.39, 0.29) is 29.2 Å². The predicted octanol–water partition coefficient (Wildman–Crippen LogP) is 6.92. The number of alkyl halides is 2. The second kappa shape index (κ2) is 13.9. The number of nitrogens with one attached hydrogen (secondary N) is 1. The molecule has 3 aromatic rings. The van der Waals surface area contributed by atoms with Crippen molar-refractivity contribution in [1.82, 2.24) is 15.0 Å². The second-order valence-electron chi connectivity index (χ2n) is 11.8. The van der Waals surface area contributed by atoms with Crippen LogP contribution in [0, 0.1) is 18.8 Å². The van der Waals surface area contributed by atoms with Crippen molar-refractivity contribution in [3.05, 3.63) is 65.6 Å². The molecule has 0 saturated heterocycles. The number of esters is 1. The first-order valence-electron chi connectivity index (χ1n) is 15.2. The topological polar surface area (TPSA) is 97.2 Å². The number of carbonyl (C=O) groups is 1. The lowest BCUT2D eigenvalue weighted by Gasteiger charge is -2.38. The molecular formula is C33H44F2N5O3+. The van der Waals surface area contributed by atoms with Crippen molar-refractivity contribution in [3.63, 3.8) is 0 Å². The molecule has 8 nitrogen and oxygen atoms in total. The molecule has 0 spiro atoms. The van der Waals surface area contributed by atoms with Crippen LogP contribution in [0.1, 0.15) is 76.6 Å². The summed E-state index contributed by atoms with van der Waals surface area (Å²) in [5, 5.41) is 14.6. The summed E-state index contributed by atoms with van der Waals surface area (Å²) in [6, 6.07) is 10.0. The Hall–Kier alpha value is -3.50. The SMILES string of the molecule is CC[N+](CC)(CC)COC(=O)[C@H]1CC[C@H]([C@@](C)(O)c2ccc(-c3cc(C)cc(Nc4cc(C(F)F)ccn4)n3)cn2)CC1. The quantitative estimate of drug-likeness (QED) is 0.133. The van der Waals surface area contributed by atoms with Crippen LogP contribution in [0.2, 0.25) is 0 Å². The van der Waals surface area contributed by atoms with E-state index in [1.54, 1.807) is 13.1 Å². The molecule has 10 heteroatoms. The Morgan fingerprint density at radius 2 is 1.74 bits per heavy atom. The van der Waals surface area contributed by atoms with Gasteiger partial charge in [0, 0.05) is 23.5 Å². The molecule has 3 aromatic heterocycles. The van der Waals surface area contributed by atoms with Gasteiger partial charge in [-0.1, -0.05) is 0 Å². The summed E-state index contributed by atoms with van der Waals surface area (Å²) < 4.78 is 32.7. The monoisotopic (exact) mass is 596 g/mol. The number of aromatic nitrogens is 3. The van der Waals surface area contributed by atoms with Gasteiger partial charge in [-0.05, 0) is 108 Å². The number of halogens is 2. The molecule has 4 rings (SSSR count). The van der Waals surface area contributed by atoms with Crippen LogP contribution in [-0.4, -0.2) is 56.9 Å². The smallest absolute Gasteiger partial charge is 0.313 e. The minimum atomic E-state index is -2.59. The Morgan fingerprint density at radius 3 is 2.35 bits per heavy atom. The van der Waals surface area contributed by atoms with E-state index >= 15 is 0 Å². The number of rotatable bonds is 12. The molecule has 3 heterocycles. The summed E-state index contributed by atoms with van der Waals surface area (Å²) in [5.74, 6) is 0.457. The van der Waals surface area contributed by atoms with Crippen molar-refractivity contribution in [2.75, 3.05) is 31.7 Å². The van der Waals surface area contributed by atoms with Gasteiger partial charge in [-0.2, -0.15) is 0 Å². The predicted molar refractivity (Wildman–Crippen MR) is 163 cm³/mol. The molecule has 1 atom stereocenters. The molecule has 1 aliphatic rings. The zero-order valence-electron chi connectivity index (χ0n) is 25.8. The van der Waals surface area contributed by atoms with Crippen LogP contribution in [0.25, 0.3) is 11.3 Å². The molecule has 1 fully saturated rings. The molecule has 0 aliphatic heterocycles. The van der Waals surface area contributed by atoms with E-state index in [9.17, 15) is 18.7 Å². The van der Waals surface area contributed by atoms with Gasteiger partial charge in [0.1, 0.15) is 17.2 Å². The van der Waals surface area contributed by atoms with Gasteiger partial charge in [-0.25, -0.2) is 18.7 Å². The highest BCUT2D eigenvalue weighted by Crippen LogP contribution is 2.41. The number of aliphatic hydroxyl groups is 1. The fourth-order valence-corrected chi connectivity index (χ4v) is 5.87. The van der Waals surface area contributed by atoms with Gasteiger partial charge in [0.2, 0.25) is 6.73 Å². The summed E-state index contributed by atoms with van der Waals surface area (Å²) in [6.45, 7) is 13.3. The van der Waals surface area contributed by atoms with Crippen molar-refractivity contribution >= 4 is 17.6 Å². The number of anilines is 2. The van der Waals surface area contributed by atoms with E-state index in [0.29, 0.717) is 49.6 Å². The fourth-order valence-electron chi connectivity index (χ4n) is 5.87. The van der Waals surface area contributed by atoms with Crippen molar-refractivity contribution in [3.8, 4) is 11.3 Å². The maximum Gasteiger partial charge on any atom is 0.313 e. The van der Waals surface area contributed by atoms with Crippen LogP contribution in [0.15, 0.2) is 48.8 Å². The van der Waals surface area contributed by atoms with Gasteiger partial charge in [-0.15, -0.1) is 0 Å². The molecule has 0 unspecified atom stereocenters. The highest BCUT2D eigenvalue weighted by Gasteiger charge is 2.39. The molecule has 232 valence electrons. The van der Waals surface area contributed by atoms with Gasteiger partial charge in [0.25, 0.3) is 6.43 Å². The lowest BCUT2D eigenvalue weighted by molar-refractivity contribution is -0.939. The third kappa shape index (κ3) is 7.72. The van der Waals surface area contributed by atoms with Gasteiger partial charge < -0.3 is 15.2 Å². The largest absolute Gasteiger partial charge is 0.415 e. The highest BCUT2D eigenvalue weighted by atomic mass is 19.3. The third-order valence-corrected chi connectivity index (χ3v) is 9.19. The molecule has 0 aromatic carbocycles. The zero-order chi connectivity index (χ0) is 31.2. The molecule has 0 radical (unpaired) electrons. The average Bonchev–Trinajstić information content (AvgIpc) is 3.02. The summed E-state index contributed by atoms with van der Waals surface area (Å²) in [7, 11) is 0. The van der Waals surface area contributed by atoms with Crippen molar-refractivity contribution in [2.45, 2.75) is 72.3 Å². The lowest BCUT2D eigenvalue weighted by Crippen LogP contribution is -2.50. The normalized spacial score (nSPS) is 18.7. The van der Waals surface area contributed by atoms with E-state index in [0.717, 1.165) is 35.2 Å². The average molecular weight is 597 g/mol. The maximum absolute atomic E-state index is 13.1. The second-order valence-corrected chi connectivity index (χ2v) is 11.8. The van der Waals surface area contributed by atoms with Crippen LogP contribution in [0.3, 0.4) is 0 Å². The minimum absolute atomic E-state index is 0.0314. The zero-order valence-corrected chi connectivity index (χ0v) is 25.8. The first kappa shape index (κ1) is 32.4. The summed E-state index contributed by atoms with van der Waals surface area (Å²) in [6.07, 6.45) is 3.22. The van der Waals surface area contributed by atoms with Crippen LogP contribution < -0.4 is 5.32 Å². The van der Waals surface area contributed by atoms with E-state index < -0.39 is 12.0 Å². The number of hydrogen-bond acceptors (Lipinski definition) is 7. The van der Waals surface area contributed by atoms with Crippen molar-refractivity contribution in [2.24, 2.45) is 11.8 Å². The highest BCUT2D eigenvalue weighted by molar-refractivity contribution is 5.72. The number of ether oxygens (including phenoxy) is 1. The van der Waals surface area contributed by atoms with E-state index in [4.69, 9.17) is 4.74 Å². The van der Waals surface area contributed by atoms with Crippen molar-refractivity contribution in [1.29, 1.82) is 0 Å². The Kier molecular flexibility index (Phi) is 10.4. The summed E-state index contributed by atoms with van der Waals surface area (Å²) in [5.41, 5.74) is 1.63. The molecule has 1 saturated carbocycles. The Balaban J connectivity index is 1.39. The summed E-state index contributed by atoms with van der Waals surface area (Å²) in [4.78, 5) is 26.2. The van der Waals surface area contributed by atoms with Gasteiger partial charge >= 0.3 is 5.97 Å². The fraction of sp³-hybridized carbons (Fsp3) is 0.515. The number of hydrogen-bond donors (Lipinski definition) is 2. The first-order valence-corrected chi connectivity index (χ1v) is 15.2. The van der Waals surface area contributed by atoms with Gasteiger partial charge in [-0.3, -0.25) is 14.3 Å². The molecular weight excluding hydrogens is 552 g/mol. The molecule has 0 amide bonds. The number of nitrogens with zero attached hydrogens (tertiary/aromatic N) is 4. The Bertz CT molecular complexity index is 1360. The summed E-state index contributed by atoms with van der Waals surface area (Å²) >= 11 is 0. The lowest BCUT2D eigenvalue weighted by atomic mass is 9.73. The van der Waals surface area contributed by atoms with Crippen molar-refractivity contribution < 1.29 is 27.9 Å². The maximum atomic E-state index is 13.1. The molecule has 43 heavy (non-hydrogen) atoms. The van der Waals surface area contributed by atoms with E-state index in [1.807, 2.05) is 31.2 Å².